The van der Waals surface area contributed by atoms with E-state index in [-0.39, 0.29) is 6.10 Å². The third-order valence-corrected chi connectivity index (χ3v) is 4.06. The van der Waals surface area contributed by atoms with Gasteiger partial charge in [0.05, 0.1) is 24.9 Å². The molecule has 2 aromatic rings. The highest BCUT2D eigenvalue weighted by atomic mass is 32.1. The smallest absolute Gasteiger partial charge is 0.225 e. The Morgan fingerprint density at radius 2 is 1.90 bits per heavy atom. The summed E-state index contributed by atoms with van der Waals surface area (Å²) in [6, 6.07) is 9.78. The van der Waals surface area contributed by atoms with Crippen molar-refractivity contribution in [2.24, 2.45) is 0 Å². The fourth-order valence-electron chi connectivity index (χ4n) is 2.49. The summed E-state index contributed by atoms with van der Waals surface area (Å²) in [7, 11) is 0. The largest absolute Gasteiger partial charge is 0.393 e. The molecular weight excluding hydrogens is 274 g/mol. The van der Waals surface area contributed by atoms with Gasteiger partial charge < -0.3 is 10.0 Å². The van der Waals surface area contributed by atoms with Crippen molar-refractivity contribution in [1.29, 1.82) is 0 Å². The molecule has 1 fully saturated rings. The maximum absolute atomic E-state index is 9.53. The summed E-state index contributed by atoms with van der Waals surface area (Å²) in [6.07, 6.45) is 1.54. The molecule has 0 spiro atoms. The Bertz CT molecular complexity index is 615. The summed E-state index contributed by atoms with van der Waals surface area (Å²) in [5.41, 5.74) is 0.924. The summed E-state index contributed by atoms with van der Waals surface area (Å²) in [4.78, 5) is 1.38. The van der Waals surface area contributed by atoms with E-state index in [1.165, 1.54) is 4.90 Å². The summed E-state index contributed by atoms with van der Waals surface area (Å²) >= 11 is 5.44. The third-order valence-electron chi connectivity index (χ3n) is 3.68. The van der Waals surface area contributed by atoms with Crippen LogP contribution in [0.4, 0.5) is 0 Å². The van der Waals surface area contributed by atoms with Crippen LogP contribution < -0.4 is 4.90 Å². The summed E-state index contributed by atoms with van der Waals surface area (Å²) < 4.78 is 4.04. The minimum atomic E-state index is -0.147. The Labute approximate surface area is 122 Å². The number of hydrogen-bond acceptors (Lipinski definition) is 4. The van der Waals surface area contributed by atoms with Gasteiger partial charge in [0.2, 0.25) is 4.77 Å². The fourth-order valence-corrected chi connectivity index (χ4v) is 2.73. The molecule has 20 heavy (non-hydrogen) atoms. The van der Waals surface area contributed by atoms with Crippen LogP contribution in [0.1, 0.15) is 12.8 Å². The van der Waals surface area contributed by atoms with Crippen molar-refractivity contribution < 1.29 is 10.0 Å². The number of nitrogens with zero attached hydrogens (tertiary/aromatic N) is 4. The number of quaternary nitrogens is 1. The molecule has 1 aromatic heterocycles. The first-order valence-corrected chi connectivity index (χ1v) is 7.25. The Morgan fingerprint density at radius 3 is 2.60 bits per heavy atom. The molecule has 1 aromatic carbocycles. The quantitative estimate of drug-likeness (QED) is 0.769. The van der Waals surface area contributed by atoms with Crippen molar-refractivity contribution in [3.8, 4) is 5.69 Å². The monoisotopic (exact) mass is 292 g/mol. The van der Waals surface area contributed by atoms with E-state index in [1.807, 2.05) is 30.3 Å². The number of piperidine rings is 1. The van der Waals surface area contributed by atoms with Crippen LogP contribution in [0.15, 0.2) is 30.3 Å². The molecule has 0 aliphatic carbocycles. The molecule has 0 atom stereocenters. The van der Waals surface area contributed by atoms with Crippen molar-refractivity contribution >= 4 is 12.2 Å². The predicted octanol–water partition coefficient (Wildman–Crippen LogP) is -0.205. The molecule has 7 heteroatoms. The van der Waals surface area contributed by atoms with Crippen LogP contribution in [0, 0.1) is 4.77 Å². The first-order valence-electron chi connectivity index (χ1n) is 6.84. The first kappa shape index (κ1) is 13.4. The standard InChI is InChI=1S/C13H17N5OS/c19-12-6-8-16(9-7-12)10-17-13(20)18(15-14-17)11-4-2-1-3-5-11/h1-5,12,19H,6-10H2/p+1. The van der Waals surface area contributed by atoms with Gasteiger partial charge in [0.25, 0.3) is 0 Å². The van der Waals surface area contributed by atoms with Crippen molar-refractivity contribution in [3.63, 3.8) is 0 Å². The number of aromatic nitrogens is 4. The van der Waals surface area contributed by atoms with E-state index in [2.05, 4.69) is 10.4 Å². The molecule has 0 amide bonds. The number of nitrogens with one attached hydrogen (secondary N) is 1. The molecule has 1 saturated heterocycles. The van der Waals surface area contributed by atoms with Gasteiger partial charge >= 0.3 is 0 Å². The second-order valence-corrected chi connectivity index (χ2v) is 5.51. The lowest BCUT2D eigenvalue weighted by atomic mass is 10.1. The highest BCUT2D eigenvalue weighted by Crippen LogP contribution is 2.05. The Morgan fingerprint density at radius 1 is 1.20 bits per heavy atom. The number of para-hydroxylation sites is 1. The second-order valence-electron chi connectivity index (χ2n) is 5.15. The zero-order valence-electron chi connectivity index (χ0n) is 11.1. The molecule has 1 aliphatic rings. The van der Waals surface area contributed by atoms with Gasteiger partial charge in [-0.25, -0.2) is 0 Å². The maximum atomic E-state index is 9.53. The molecule has 2 heterocycles. The summed E-state index contributed by atoms with van der Waals surface area (Å²) in [6.45, 7) is 2.60. The topological polar surface area (TPSA) is 60.3 Å². The zero-order valence-corrected chi connectivity index (χ0v) is 12.0. The minimum Gasteiger partial charge on any atom is -0.393 e. The van der Waals surface area contributed by atoms with E-state index >= 15 is 0 Å². The minimum absolute atomic E-state index is 0.147. The van der Waals surface area contributed by atoms with Crippen molar-refractivity contribution in [1.82, 2.24) is 19.8 Å². The van der Waals surface area contributed by atoms with E-state index in [0.29, 0.717) is 11.4 Å². The highest BCUT2D eigenvalue weighted by Gasteiger charge is 2.21. The average Bonchev–Trinajstić information content (AvgIpc) is 2.84. The molecule has 1 aliphatic heterocycles. The van der Waals surface area contributed by atoms with E-state index in [1.54, 1.807) is 9.36 Å². The van der Waals surface area contributed by atoms with Gasteiger partial charge in [-0.2, -0.15) is 9.36 Å². The molecule has 0 radical (unpaired) electrons. The molecule has 106 valence electrons. The molecule has 0 unspecified atom stereocenters. The lowest BCUT2D eigenvalue weighted by Crippen LogP contribution is -3.12. The second kappa shape index (κ2) is 5.82. The van der Waals surface area contributed by atoms with Gasteiger partial charge in [-0.15, -0.1) is 0 Å². The Hall–Kier alpha value is -1.57. The number of benzene rings is 1. The van der Waals surface area contributed by atoms with Gasteiger partial charge in [-0.05, 0) is 34.8 Å². The Kier molecular flexibility index (Phi) is 3.90. The van der Waals surface area contributed by atoms with Crippen LogP contribution in [0.25, 0.3) is 5.69 Å². The number of hydrogen-bond donors (Lipinski definition) is 2. The van der Waals surface area contributed by atoms with Crippen LogP contribution in [0.2, 0.25) is 0 Å². The molecule has 0 bridgehead atoms. The third kappa shape index (κ3) is 2.79. The predicted molar refractivity (Wildman–Crippen MR) is 76.1 cm³/mol. The van der Waals surface area contributed by atoms with Crippen LogP contribution in [-0.2, 0) is 6.67 Å². The lowest BCUT2D eigenvalue weighted by molar-refractivity contribution is -0.929. The van der Waals surface area contributed by atoms with Crippen LogP contribution in [0.5, 0.6) is 0 Å². The van der Waals surface area contributed by atoms with E-state index < -0.39 is 0 Å². The molecule has 2 N–H and O–H groups in total. The number of likely N-dealkylation sites (tertiary alicyclic amines) is 1. The van der Waals surface area contributed by atoms with Gasteiger partial charge in [-0.1, -0.05) is 18.2 Å². The molecule has 6 nitrogen and oxygen atoms in total. The van der Waals surface area contributed by atoms with Crippen LogP contribution in [0.3, 0.4) is 0 Å². The highest BCUT2D eigenvalue weighted by molar-refractivity contribution is 7.71. The Balaban J connectivity index is 1.76. The average molecular weight is 292 g/mol. The van der Waals surface area contributed by atoms with Crippen LogP contribution >= 0.6 is 12.2 Å². The maximum Gasteiger partial charge on any atom is 0.225 e. The van der Waals surface area contributed by atoms with E-state index in [0.717, 1.165) is 31.6 Å². The van der Waals surface area contributed by atoms with Gasteiger partial charge in [0.1, 0.15) is 0 Å². The van der Waals surface area contributed by atoms with Crippen molar-refractivity contribution in [2.75, 3.05) is 13.1 Å². The number of rotatable bonds is 3. The van der Waals surface area contributed by atoms with Crippen LogP contribution in [-0.4, -0.2) is 44.1 Å². The van der Waals surface area contributed by atoms with Crippen molar-refractivity contribution in [2.45, 2.75) is 25.6 Å². The number of aliphatic hydroxyl groups is 1. The lowest BCUT2D eigenvalue weighted by Gasteiger charge is -2.25. The molecule has 0 saturated carbocycles. The zero-order chi connectivity index (χ0) is 13.9. The van der Waals surface area contributed by atoms with E-state index in [9.17, 15) is 5.11 Å². The first-order chi connectivity index (χ1) is 9.74. The summed E-state index contributed by atoms with van der Waals surface area (Å²) in [5, 5.41) is 17.8. The normalized spacial score (nSPS) is 22.9. The van der Waals surface area contributed by atoms with E-state index in [4.69, 9.17) is 12.2 Å². The van der Waals surface area contributed by atoms with Gasteiger partial charge in [0, 0.05) is 12.8 Å². The van der Waals surface area contributed by atoms with Crippen molar-refractivity contribution in [3.05, 3.63) is 35.1 Å². The van der Waals surface area contributed by atoms with Gasteiger partial charge in [-0.3, -0.25) is 0 Å². The fraction of sp³-hybridized carbons (Fsp3) is 0.462. The number of aliphatic hydroxyl groups excluding tert-OH is 1. The number of tetrazole rings is 1. The van der Waals surface area contributed by atoms with Gasteiger partial charge in [0.15, 0.2) is 6.67 Å². The summed E-state index contributed by atoms with van der Waals surface area (Å²) in [5.74, 6) is 0. The SMILES string of the molecule is OC1CC[NH+](Cn2nnn(-c3ccccc3)c2=S)CC1. The molecular formula is C13H18N5OS+. The molecule has 3 rings (SSSR count).